The Morgan fingerprint density at radius 2 is 0.667 bits per heavy atom. The topological polar surface area (TPSA) is 36.1 Å². The molecule has 11 heterocycles. The molecule has 0 atom stereocenters. The van der Waals surface area contributed by atoms with E-state index in [-0.39, 0.29) is 0 Å². The molecule has 0 aliphatic carbocycles. The minimum absolute atomic E-state index is 0.385. The Balaban J connectivity index is 0.760. The van der Waals surface area contributed by atoms with Crippen LogP contribution in [-0.4, -0.2) is 9.13 Å². The number of halogens is 1. The number of ether oxygens (including phenoxy) is 2. The number of aromatic nitrogens is 4. The Morgan fingerprint density at radius 1 is 0.310 bits per heavy atom. The van der Waals surface area contributed by atoms with Crippen LogP contribution >= 0.6 is 15.9 Å². The molecule has 7 heteroatoms. The second kappa shape index (κ2) is 22.1. The number of hydrogen-bond donors (Lipinski definition) is 0. The zero-order valence-electron chi connectivity index (χ0n) is 47.6. The van der Waals surface area contributed by atoms with Gasteiger partial charge in [0.15, 0.2) is 22.1 Å². The van der Waals surface area contributed by atoms with E-state index in [1.807, 2.05) is 0 Å². The summed E-state index contributed by atoms with van der Waals surface area (Å²) >= 11 is 4.04. The van der Waals surface area contributed by atoms with E-state index in [4.69, 9.17) is 9.47 Å². The standard InChI is InChI=1S/C80H57BrN4O2/c81-80-70-14-9-15-71(80)65-38-34-61(35-39-65)59-30-22-55(23-31-59)49-83-53-85(75-19-8-6-17-73(75)83)67-44-26-57(27-45-67)51-87-77-47-41-63-11-2-4-13-69(63)79(77)78-68-12-3-1-10-62(68)40-46-76(78)86-50-56-24-42-66(43-25-56)84-52-82(72-16-5-7-18-74(72)84)48-54-20-28-58(29-21-54)60-32-36-64(70)37-33-60/h1-47,52-53H,48-51H2/q+2. The van der Waals surface area contributed by atoms with E-state index >= 15 is 0 Å². The lowest BCUT2D eigenvalue weighted by Crippen LogP contribution is -2.32. The van der Waals surface area contributed by atoms with Crippen LogP contribution in [0.25, 0.3) is 111 Å². The molecular weight excluding hydrogens is 1130 g/mol. The van der Waals surface area contributed by atoms with Crippen LogP contribution in [0, 0.1) is 0 Å². The third kappa shape index (κ3) is 9.82. The zero-order chi connectivity index (χ0) is 57.8. The first-order valence-corrected chi connectivity index (χ1v) is 30.4. The Bertz CT molecular complexity index is 4750. The van der Waals surface area contributed by atoms with Crippen molar-refractivity contribution in [1.29, 1.82) is 0 Å². The van der Waals surface area contributed by atoms with Crippen molar-refractivity contribution in [2.75, 3.05) is 0 Å². The van der Waals surface area contributed by atoms with Crippen LogP contribution in [0.5, 0.6) is 11.5 Å². The molecule has 0 amide bonds. The third-order valence-electron chi connectivity index (χ3n) is 17.3. The Hall–Kier alpha value is -10.6. The van der Waals surface area contributed by atoms with Crippen molar-refractivity contribution >= 4 is 59.5 Å². The largest absolute Gasteiger partial charge is 0.488 e. The predicted molar refractivity (Wildman–Crippen MR) is 357 cm³/mol. The van der Waals surface area contributed by atoms with Crippen molar-refractivity contribution in [2.24, 2.45) is 0 Å². The first-order chi connectivity index (χ1) is 43.0. The summed E-state index contributed by atoms with van der Waals surface area (Å²) in [5.74, 6) is 1.59. The van der Waals surface area contributed by atoms with E-state index in [1.54, 1.807) is 0 Å². The summed E-state index contributed by atoms with van der Waals surface area (Å²) < 4.78 is 24.3. The van der Waals surface area contributed by atoms with Gasteiger partial charge in [-0.3, -0.25) is 0 Å². The van der Waals surface area contributed by atoms with E-state index in [0.717, 1.165) is 118 Å². The van der Waals surface area contributed by atoms with Gasteiger partial charge in [0.05, 0.1) is 0 Å². The van der Waals surface area contributed by atoms with Gasteiger partial charge in [-0.05, 0) is 165 Å². The second-order valence-electron chi connectivity index (χ2n) is 22.6. The number of imidazole rings is 2. The highest BCUT2D eigenvalue weighted by molar-refractivity contribution is 9.10. The molecule has 0 N–H and O–H groups in total. The average Bonchev–Trinajstić information content (AvgIpc) is 2.63. The van der Waals surface area contributed by atoms with E-state index < -0.39 is 0 Å². The molecule has 0 saturated carbocycles. The molecule has 2 aromatic heterocycles. The summed E-state index contributed by atoms with van der Waals surface area (Å²) in [5, 5.41) is 4.46. The number of nitrogens with zero attached hydrogens (tertiary/aromatic N) is 4. The Labute approximate surface area is 513 Å². The lowest BCUT2D eigenvalue weighted by molar-refractivity contribution is -0.663. The normalized spacial score (nSPS) is 12.4. The molecule has 0 spiro atoms. The average molecular weight is 1190 g/mol. The minimum Gasteiger partial charge on any atom is -0.488 e. The van der Waals surface area contributed by atoms with Gasteiger partial charge < -0.3 is 9.47 Å². The first kappa shape index (κ1) is 52.0. The highest BCUT2D eigenvalue weighted by Gasteiger charge is 2.23. The number of fused-ring (bicyclic) bond motifs is 6. The molecule has 87 heavy (non-hydrogen) atoms. The molecular formula is C80H57BrN4O2+2. The predicted octanol–water partition coefficient (Wildman–Crippen LogP) is 19.1. The highest BCUT2D eigenvalue weighted by atomic mass is 79.9. The highest BCUT2D eigenvalue weighted by Crippen LogP contribution is 2.46. The van der Waals surface area contributed by atoms with Crippen LogP contribution < -0.4 is 18.6 Å². The molecule has 24 rings (SSSR count). The van der Waals surface area contributed by atoms with E-state index in [2.05, 4.69) is 332 Å². The summed E-state index contributed by atoms with van der Waals surface area (Å²) in [5.41, 5.74) is 22.8. The molecule has 13 aromatic carbocycles. The summed E-state index contributed by atoms with van der Waals surface area (Å²) in [6, 6.07) is 103. The van der Waals surface area contributed by atoms with Crippen LogP contribution in [0.3, 0.4) is 0 Å². The fourth-order valence-corrected chi connectivity index (χ4v) is 13.5. The first-order valence-electron chi connectivity index (χ1n) is 29.6. The summed E-state index contributed by atoms with van der Waals surface area (Å²) in [6.45, 7) is 2.23. The molecule has 18 bridgehead atoms. The second-order valence-corrected chi connectivity index (χ2v) is 23.4. The van der Waals surface area contributed by atoms with Crippen LogP contribution in [0.2, 0.25) is 0 Å². The molecule has 9 aliphatic heterocycles. The van der Waals surface area contributed by atoms with Gasteiger partial charge in [0.1, 0.15) is 49.2 Å². The van der Waals surface area contributed by atoms with E-state index in [9.17, 15) is 0 Å². The molecule has 15 aromatic rings. The van der Waals surface area contributed by atoms with Crippen molar-refractivity contribution < 1.29 is 18.6 Å². The van der Waals surface area contributed by atoms with Gasteiger partial charge in [-0.1, -0.05) is 224 Å². The quantitative estimate of drug-likeness (QED) is 0.142. The summed E-state index contributed by atoms with van der Waals surface area (Å²) in [6.07, 6.45) is 4.45. The Morgan fingerprint density at radius 3 is 1.09 bits per heavy atom. The molecule has 0 saturated heterocycles. The molecule has 9 aliphatic rings. The van der Waals surface area contributed by atoms with E-state index in [1.165, 1.54) is 44.4 Å². The lowest BCUT2D eigenvalue weighted by atomic mass is 9.92. The minimum atomic E-state index is 0.385. The molecule has 0 fully saturated rings. The van der Waals surface area contributed by atoms with Gasteiger partial charge in [0.2, 0.25) is 12.7 Å². The van der Waals surface area contributed by atoms with Gasteiger partial charge in [0, 0.05) is 15.6 Å². The van der Waals surface area contributed by atoms with Crippen molar-refractivity contribution in [1.82, 2.24) is 9.13 Å². The number of para-hydroxylation sites is 4. The maximum Gasteiger partial charge on any atom is 0.250 e. The fourth-order valence-electron chi connectivity index (χ4n) is 12.8. The van der Waals surface area contributed by atoms with Gasteiger partial charge in [0.25, 0.3) is 0 Å². The monoisotopic (exact) mass is 1180 g/mol. The fraction of sp³-hybridized carbons (Fsp3) is 0.0500. The SMILES string of the molecule is Brc1c2cccc1-c1ccc(cc1)-c1ccc(cc1)C[n+]1cn(c3ccccc31)-c1ccc(cc1)COc1ccc3ccccc3c1-c1c(ccc3ccccc13)OCc1ccc(cc1)-n1c[n+](c3ccccc31)Cc1ccc(cc1)-c1ccc-2cc1. The maximum atomic E-state index is 6.97. The van der Waals surface area contributed by atoms with E-state index in [0.29, 0.717) is 13.2 Å². The van der Waals surface area contributed by atoms with Crippen molar-refractivity contribution in [2.45, 2.75) is 26.3 Å². The van der Waals surface area contributed by atoms with Crippen LogP contribution in [0.4, 0.5) is 0 Å². The smallest absolute Gasteiger partial charge is 0.250 e. The van der Waals surface area contributed by atoms with Gasteiger partial charge in [-0.25, -0.2) is 9.13 Å². The summed E-state index contributed by atoms with van der Waals surface area (Å²) in [4.78, 5) is 0. The lowest BCUT2D eigenvalue weighted by Gasteiger charge is -2.20. The van der Waals surface area contributed by atoms with Crippen molar-refractivity contribution in [3.05, 3.63) is 325 Å². The van der Waals surface area contributed by atoms with Crippen LogP contribution in [0.1, 0.15) is 22.3 Å². The van der Waals surface area contributed by atoms with Crippen molar-refractivity contribution in [3.8, 4) is 78.5 Å². The number of rotatable bonds is 0. The van der Waals surface area contributed by atoms with Gasteiger partial charge in [-0.2, -0.15) is 9.13 Å². The van der Waals surface area contributed by atoms with Gasteiger partial charge in [-0.15, -0.1) is 0 Å². The third-order valence-corrected chi connectivity index (χ3v) is 18.2. The Kier molecular flexibility index (Phi) is 13.2. The van der Waals surface area contributed by atoms with Gasteiger partial charge >= 0.3 is 0 Å². The summed E-state index contributed by atoms with van der Waals surface area (Å²) in [7, 11) is 0. The van der Waals surface area contributed by atoms with Crippen LogP contribution in [0.15, 0.2) is 302 Å². The molecule has 6 nitrogen and oxygen atoms in total. The van der Waals surface area contributed by atoms with Crippen molar-refractivity contribution in [3.63, 3.8) is 0 Å². The number of hydrogen-bond acceptors (Lipinski definition) is 2. The molecule has 414 valence electrons. The molecule has 0 radical (unpaired) electrons. The van der Waals surface area contributed by atoms with Crippen LogP contribution in [-0.2, 0) is 26.3 Å². The molecule has 0 unspecified atom stereocenters. The number of benzene rings is 13. The zero-order valence-corrected chi connectivity index (χ0v) is 49.2. The maximum absolute atomic E-state index is 6.97.